The third-order valence-corrected chi connectivity index (χ3v) is 7.69. The Balaban J connectivity index is 3.19. The minimum atomic E-state index is -2.18. The van der Waals surface area contributed by atoms with Crippen LogP contribution >= 0.6 is 0 Å². The van der Waals surface area contributed by atoms with Crippen LogP contribution in [0, 0.1) is 11.6 Å². The molecular weight excluding hydrogens is 254 g/mol. The Morgan fingerprint density at radius 1 is 1.17 bits per heavy atom. The van der Waals surface area contributed by atoms with Crippen molar-refractivity contribution in [2.75, 3.05) is 0 Å². The van der Waals surface area contributed by atoms with Crippen LogP contribution in [0.3, 0.4) is 0 Å². The van der Waals surface area contributed by atoms with E-state index < -0.39 is 20.0 Å². The van der Waals surface area contributed by atoms with Gasteiger partial charge >= 0.3 is 0 Å². The first-order chi connectivity index (χ1) is 8.08. The Labute approximate surface area is 107 Å². The lowest BCUT2D eigenvalue weighted by Gasteiger charge is -2.36. The second-order valence-electron chi connectivity index (χ2n) is 5.78. The lowest BCUT2D eigenvalue weighted by molar-refractivity contribution is 0.112. The SMILES string of the molecule is CC(C)(C)[Si](C)(C)Oc1cc(F)c(F)cc1C=O. The molecule has 0 atom stereocenters. The van der Waals surface area contributed by atoms with Gasteiger partial charge in [-0.1, -0.05) is 20.8 Å². The average molecular weight is 272 g/mol. The zero-order chi connectivity index (χ0) is 14.1. The lowest BCUT2D eigenvalue weighted by Crippen LogP contribution is -2.44. The van der Waals surface area contributed by atoms with E-state index in [4.69, 9.17) is 4.43 Å². The first-order valence-electron chi connectivity index (χ1n) is 5.72. The fourth-order valence-electron chi connectivity index (χ4n) is 1.15. The smallest absolute Gasteiger partial charge is 0.250 e. The Hall–Kier alpha value is -1.23. The number of halogens is 2. The maximum Gasteiger partial charge on any atom is 0.250 e. The molecule has 0 aliphatic heterocycles. The van der Waals surface area contributed by atoms with Gasteiger partial charge in [-0.2, -0.15) is 0 Å². The van der Waals surface area contributed by atoms with E-state index in [1.54, 1.807) is 0 Å². The van der Waals surface area contributed by atoms with E-state index in [1.807, 2.05) is 33.9 Å². The molecule has 1 rings (SSSR count). The summed E-state index contributed by atoms with van der Waals surface area (Å²) in [6, 6.07) is 1.81. The summed E-state index contributed by atoms with van der Waals surface area (Å²) in [5.74, 6) is -1.93. The third kappa shape index (κ3) is 2.96. The predicted molar refractivity (Wildman–Crippen MR) is 69.6 cm³/mol. The standard InChI is InChI=1S/C13H18F2O2Si/c1-13(2,3)18(4,5)17-12-7-11(15)10(14)6-9(12)8-16/h6-8H,1-5H3. The molecule has 0 unspecified atom stereocenters. The Morgan fingerprint density at radius 3 is 2.11 bits per heavy atom. The number of hydrogen-bond donors (Lipinski definition) is 0. The van der Waals surface area contributed by atoms with Crippen LogP contribution in [-0.4, -0.2) is 14.6 Å². The Bertz CT molecular complexity index is 465. The van der Waals surface area contributed by atoms with Crippen molar-refractivity contribution in [1.82, 2.24) is 0 Å². The highest BCUT2D eigenvalue weighted by Gasteiger charge is 2.39. The average Bonchev–Trinajstić information content (AvgIpc) is 2.21. The summed E-state index contributed by atoms with van der Waals surface area (Å²) in [5, 5.41) is -0.0853. The molecule has 0 amide bonds. The molecule has 5 heteroatoms. The molecule has 0 saturated heterocycles. The summed E-state index contributed by atoms with van der Waals surface area (Å²) < 4.78 is 32.1. The van der Waals surface area contributed by atoms with Crippen LogP contribution in [0.1, 0.15) is 31.1 Å². The van der Waals surface area contributed by atoms with Gasteiger partial charge in [-0.3, -0.25) is 4.79 Å². The Kier molecular flexibility index (Phi) is 3.95. The van der Waals surface area contributed by atoms with Crippen LogP contribution in [0.2, 0.25) is 18.1 Å². The second kappa shape index (κ2) is 4.80. The van der Waals surface area contributed by atoms with Gasteiger partial charge in [0.2, 0.25) is 0 Å². The fraction of sp³-hybridized carbons (Fsp3) is 0.462. The summed E-state index contributed by atoms with van der Waals surface area (Å²) in [4.78, 5) is 10.9. The summed E-state index contributed by atoms with van der Waals surface area (Å²) in [6.07, 6.45) is 0.477. The molecule has 0 fully saturated rings. The largest absolute Gasteiger partial charge is 0.543 e. The van der Waals surface area contributed by atoms with Gasteiger partial charge in [0, 0.05) is 6.07 Å². The number of hydrogen-bond acceptors (Lipinski definition) is 2. The highest BCUT2D eigenvalue weighted by Crippen LogP contribution is 2.38. The van der Waals surface area contributed by atoms with E-state index in [-0.39, 0.29) is 16.4 Å². The van der Waals surface area contributed by atoms with E-state index in [9.17, 15) is 13.6 Å². The monoisotopic (exact) mass is 272 g/mol. The van der Waals surface area contributed by atoms with Crippen LogP contribution in [0.15, 0.2) is 12.1 Å². The van der Waals surface area contributed by atoms with Crippen molar-refractivity contribution in [3.63, 3.8) is 0 Å². The molecule has 0 spiro atoms. The summed E-state index contributed by atoms with van der Waals surface area (Å²) >= 11 is 0. The van der Waals surface area contributed by atoms with Gasteiger partial charge in [0.05, 0.1) is 5.56 Å². The van der Waals surface area contributed by atoms with Crippen molar-refractivity contribution in [3.8, 4) is 5.75 Å². The highest BCUT2D eigenvalue weighted by atomic mass is 28.4. The number of rotatable bonds is 3. The summed E-state index contributed by atoms with van der Waals surface area (Å²) in [7, 11) is -2.18. The van der Waals surface area contributed by atoms with Crippen molar-refractivity contribution < 1.29 is 18.0 Å². The van der Waals surface area contributed by atoms with Gasteiger partial charge in [0.15, 0.2) is 17.9 Å². The summed E-state index contributed by atoms with van der Waals surface area (Å²) in [5.41, 5.74) is 0.0405. The van der Waals surface area contributed by atoms with Gasteiger partial charge in [-0.25, -0.2) is 8.78 Å². The second-order valence-corrected chi connectivity index (χ2v) is 10.5. The van der Waals surface area contributed by atoms with Crippen LogP contribution in [-0.2, 0) is 0 Å². The van der Waals surface area contributed by atoms with Crippen molar-refractivity contribution in [2.45, 2.75) is 38.9 Å². The molecule has 2 nitrogen and oxygen atoms in total. The molecule has 0 aliphatic rings. The van der Waals surface area contributed by atoms with Crippen LogP contribution in [0.5, 0.6) is 5.75 Å². The minimum absolute atomic E-state index is 0.0405. The molecule has 0 saturated carbocycles. The van der Waals surface area contributed by atoms with Crippen LogP contribution in [0.4, 0.5) is 8.78 Å². The van der Waals surface area contributed by atoms with E-state index >= 15 is 0 Å². The quantitative estimate of drug-likeness (QED) is 0.610. The molecule has 18 heavy (non-hydrogen) atoms. The van der Waals surface area contributed by atoms with Gasteiger partial charge in [0.25, 0.3) is 8.32 Å². The van der Waals surface area contributed by atoms with Crippen molar-refractivity contribution in [1.29, 1.82) is 0 Å². The first kappa shape index (κ1) is 14.8. The molecule has 1 aromatic carbocycles. The predicted octanol–water partition coefficient (Wildman–Crippen LogP) is 4.16. The van der Waals surface area contributed by atoms with Crippen molar-refractivity contribution in [2.24, 2.45) is 0 Å². The molecular formula is C13H18F2O2Si. The van der Waals surface area contributed by atoms with E-state index in [2.05, 4.69) is 0 Å². The number of benzene rings is 1. The van der Waals surface area contributed by atoms with Gasteiger partial charge in [-0.05, 0) is 24.2 Å². The van der Waals surface area contributed by atoms with Gasteiger partial charge in [0.1, 0.15) is 5.75 Å². The normalized spacial score (nSPS) is 12.4. The zero-order valence-corrected chi connectivity index (χ0v) is 12.3. The van der Waals surface area contributed by atoms with Crippen LogP contribution in [0.25, 0.3) is 0 Å². The van der Waals surface area contributed by atoms with Crippen LogP contribution < -0.4 is 4.43 Å². The molecule has 0 aliphatic carbocycles. The molecule has 0 bridgehead atoms. The minimum Gasteiger partial charge on any atom is -0.543 e. The summed E-state index contributed by atoms with van der Waals surface area (Å²) in [6.45, 7) is 10.0. The molecule has 0 aromatic heterocycles. The third-order valence-electron chi connectivity index (χ3n) is 3.35. The van der Waals surface area contributed by atoms with E-state index in [0.717, 1.165) is 12.1 Å². The Morgan fingerprint density at radius 2 is 1.67 bits per heavy atom. The van der Waals surface area contributed by atoms with E-state index in [0.29, 0.717) is 6.29 Å². The number of carbonyl (C=O) groups is 1. The fourth-order valence-corrected chi connectivity index (χ4v) is 2.19. The zero-order valence-electron chi connectivity index (χ0n) is 11.3. The van der Waals surface area contributed by atoms with Crippen molar-refractivity contribution >= 4 is 14.6 Å². The number of carbonyl (C=O) groups excluding carboxylic acids is 1. The molecule has 0 N–H and O–H groups in total. The maximum absolute atomic E-state index is 13.2. The van der Waals surface area contributed by atoms with E-state index in [1.165, 1.54) is 0 Å². The molecule has 100 valence electrons. The molecule has 0 radical (unpaired) electrons. The molecule has 0 heterocycles. The molecule has 1 aromatic rings. The first-order valence-corrected chi connectivity index (χ1v) is 8.62. The van der Waals surface area contributed by atoms with Gasteiger partial charge in [-0.15, -0.1) is 0 Å². The highest BCUT2D eigenvalue weighted by molar-refractivity contribution is 6.74. The van der Waals surface area contributed by atoms with Gasteiger partial charge < -0.3 is 4.43 Å². The maximum atomic E-state index is 13.2. The topological polar surface area (TPSA) is 26.3 Å². The number of aldehydes is 1. The lowest BCUT2D eigenvalue weighted by atomic mass is 10.2. The van der Waals surface area contributed by atoms with Crippen molar-refractivity contribution in [3.05, 3.63) is 29.3 Å².